The average molecular weight is 272 g/mol. The lowest BCUT2D eigenvalue weighted by molar-refractivity contribution is 0.552. The quantitative estimate of drug-likeness (QED) is 0.653. The Kier molecular flexibility index (Phi) is 6.13. The maximum absolute atomic E-state index is 3.28. The standard InChI is InChI=1S/C18H28N2/c1-3-4-5-6-7-10-13-20-17(15-19-2)14-16-11-8-9-12-18(16)20/h8-9,11-12,14,19H,3-7,10,13,15H2,1-2H3. The van der Waals surface area contributed by atoms with E-state index in [0.29, 0.717) is 0 Å². The fraction of sp³-hybridized carbons (Fsp3) is 0.556. The third-order valence-corrected chi connectivity index (χ3v) is 3.99. The molecular formula is C18H28N2. The summed E-state index contributed by atoms with van der Waals surface area (Å²) in [7, 11) is 2.02. The van der Waals surface area contributed by atoms with Gasteiger partial charge in [-0.25, -0.2) is 0 Å². The Hall–Kier alpha value is -1.28. The average Bonchev–Trinajstić information content (AvgIpc) is 2.81. The molecule has 0 amide bonds. The zero-order chi connectivity index (χ0) is 14.2. The normalized spacial score (nSPS) is 11.3. The Morgan fingerprint density at radius 1 is 1.00 bits per heavy atom. The molecule has 0 atom stereocenters. The Morgan fingerprint density at radius 3 is 2.55 bits per heavy atom. The van der Waals surface area contributed by atoms with E-state index in [1.54, 1.807) is 0 Å². The highest BCUT2D eigenvalue weighted by Crippen LogP contribution is 2.21. The zero-order valence-electron chi connectivity index (χ0n) is 13.0. The van der Waals surface area contributed by atoms with E-state index >= 15 is 0 Å². The van der Waals surface area contributed by atoms with Crippen LogP contribution in [0, 0.1) is 0 Å². The summed E-state index contributed by atoms with van der Waals surface area (Å²) in [5, 5.41) is 4.65. The number of hydrogen-bond acceptors (Lipinski definition) is 1. The Balaban J connectivity index is 1.98. The van der Waals surface area contributed by atoms with E-state index in [2.05, 4.69) is 47.1 Å². The van der Waals surface area contributed by atoms with E-state index in [9.17, 15) is 0 Å². The summed E-state index contributed by atoms with van der Waals surface area (Å²) in [6, 6.07) is 11.0. The zero-order valence-corrected chi connectivity index (χ0v) is 13.0. The van der Waals surface area contributed by atoms with Crippen molar-refractivity contribution in [1.29, 1.82) is 0 Å². The van der Waals surface area contributed by atoms with Crippen molar-refractivity contribution < 1.29 is 0 Å². The number of unbranched alkanes of at least 4 members (excludes halogenated alkanes) is 5. The van der Waals surface area contributed by atoms with E-state index in [4.69, 9.17) is 0 Å². The second-order valence-corrected chi connectivity index (χ2v) is 5.64. The van der Waals surface area contributed by atoms with Gasteiger partial charge in [-0.05, 0) is 31.0 Å². The molecule has 20 heavy (non-hydrogen) atoms. The molecule has 1 aromatic carbocycles. The van der Waals surface area contributed by atoms with Crippen molar-refractivity contribution in [2.45, 2.75) is 58.5 Å². The first kappa shape index (κ1) is 15.1. The molecule has 0 radical (unpaired) electrons. The molecule has 0 aliphatic rings. The van der Waals surface area contributed by atoms with Crippen LogP contribution in [0.25, 0.3) is 10.9 Å². The highest BCUT2D eigenvalue weighted by Gasteiger charge is 2.07. The Morgan fingerprint density at radius 2 is 1.75 bits per heavy atom. The number of nitrogens with one attached hydrogen (secondary N) is 1. The number of aryl methyl sites for hydroxylation is 1. The minimum atomic E-state index is 0.949. The van der Waals surface area contributed by atoms with Crippen molar-refractivity contribution in [3.8, 4) is 0 Å². The smallest absolute Gasteiger partial charge is 0.0482 e. The number of nitrogens with zero attached hydrogens (tertiary/aromatic N) is 1. The molecule has 1 N–H and O–H groups in total. The van der Waals surface area contributed by atoms with Gasteiger partial charge in [0.25, 0.3) is 0 Å². The molecule has 2 aromatic rings. The summed E-state index contributed by atoms with van der Waals surface area (Å²) in [4.78, 5) is 0. The van der Waals surface area contributed by atoms with Gasteiger partial charge in [0.15, 0.2) is 0 Å². The second-order valence-electron chi connectivity index (χ2n) is 5.64. The summed E-state index contributed by atoms with van der Waals surface area (Å²) in [6.07, 6.45) is 8.14. The number of fused-ring (bicyclic) bond motifs is 1. The third kappa shape index (κ3) is 3.86. The van der Waals surface area contributed by atoms with E-state index in [0.717, 1.165) is 13.1 Å². The predicted molar refractivity (Wildman–Crippen MR) is 88.1 cm³/mol. The molecule has 0 aliphatic heterocycles. The Labute approximate surface area is 123 Å². The first-order valence-electron chi connectivity index (χ1n) is 8.08. The summed E-state index contributed by atoms with van der Waals surface area (Å²) in [5.41, 5.74) is 2.79. The summed E-state index contributed by atoms with van der Waals surface area (Å²) in [6.45, 7) is 4.37. The highest BCUT2D eigenvalue weighted by atomic mass is 15.0. The topological polar surface area (TPSA) is 17.0 Å². The van der Waals surface area contributed by atoms with Gasteiger partial charge >= 0.3 is 0 Å². The molecule has 0 saturated carbocycles. The lowest BCUT2D eigenvalue weighted by Gasteiger charge is -2.10. The van der Waals surface area contributed by atoms with Gasteiger partial charge in [0, 0.05) is 24.3 Å². The van der Waals surface area contributed by atoms with Gasteiger partial charge in [-0.1, -0.05) is 57.2 Å². The predicted octanol–water partition coefficient (Wildman–Crippen LogP) is 4.72. The number of rotatable bonds is 9. The molecule has 0 unspecified atom stereocenters. The molecule has 2 heteroatoms. The molecule has 1 aromatic heterocycles. The van der Waals surface area contributed by atoms with Crippen molar-refractivity contribution in [1.82, 2.24) is 9.88 Å². The monoisotopic (exact) mass is 272 g/mol. The van der Waals surface area contributed by atoms with Gasteiger partial charge in [-0.3, -0.25) is 0 Å². The fourth-order valence-electron chi connectivity index (χ4n) is 2.91. The van der Waals surface area contributed by atoms with Gasteiger partial charge in [0.05, 0.1) is 0 Å². The molecule has 0 bridgehead atoms. The van der Waals surface area contributed by atoms with Crippen molar-refractivity contribution in [2.24, 2.45) is 0 Å². The van der Waals surface area contributed by atoms with Crippen LogP contribution < -0.4 is 5.32 Å². The van der Waals surface area contributed by atoms with Crippen LogP contribution in [0.15, 0.2) is 30.3 Å². The summed E-state index contributed by atoms with van der Waals surface area (Å²) >= 11 is 0. The lowest BCUT2D eigenvalue weighted by Crippen LogP contribution is -2.11. The molecule has 1 heterocycles. The minimum absolute atomic E-state index is 0.949. The van der Waals surface area contributed by atoms with Gasteiger partial charge < -0.3 is 9.88 Å². The van der Waals surface area contributed by atoms with E-state index < -0.39 is 0 Å². The van der Waals surface area contributed by atoms with Crippen LogP contribution in [0.1, 0.15) is 51.1 Å². The summed E-state index contributed by atoms with van der Waals surface area (Å²) in [5.74, 6) is 0. The number of para-hydroxylation sites is 1. The largest absolute Gasteiger partial charge is 0.343 e. The van der Waals surface area contributed by atoms with Crippen LogP contribution >= 0.6 is 0 Å². The van der Waals surface area contributed by atoms with Crippen LogP contribution in [0.5, 0.6) is 0 Å². The van der Waals surface area contributed by atoms with Gasteiger partial charge in [0.1, 0.15) is 0 Å². The third-order valence-electron chi connectivity index (χ3n) is 3.99. The fourth-order valence-corrected chi connectivity index (χ4v) is 2.91. The maximum Gasteiger partial charge on any atom is 0.0482 e. The Bertz CT molecular complexity index is 513. The van der Waals surface area contributed by atoms with Crippen molar-refractivity contribution in [2.75, 3.05) is 7.05 Å². The molecule has 110 valence electrons. The molecule has 2 rings (SSSR count). The van der Waals surface area contributed by atoms with Crippen LogP contribution in [0.3, 0.4) is 0 Å². The van der Waals surface area contributed by atoms with Gasteiger partial charge in [-0.15, -0.1) is 0 Å². The summed E-state index contributed by atoms with van der Waals surface area (Å²) < 4.78 is 2.49. The van der Waals surface area contributed by atoms with Crippen molar-refractivity contribution in [3.63, 3.8) is 0 Å². The molecule has 0 fully saturated rings. The minimum Gasteiger partial charge on any atom is -0.343 e. The van der Waals surface area contributed by atoms with Gasteiger partial charge in [-0.2, -0.15) is 0 Å². The lowest BCUT2D eigenvalue weighted by atomic mass is 10.1. The van der Waals surface area contributed by atoms with E-state index in [1.165, 1.54) is 55.1 Å². The number of aromatic nitrogens is 1. The highest BCUT2D eigenvalue weighted by molar-refractivity contribution is 5.81. The van der Waals surface area contributed by atoms with Crippen LogP contribution in [-0.2, 0) is 13.1 Å². The van der Waals surface area contributed by atoms with Crippen molar-refractivity contribution >= 4 is 10.9 Å². The first-order valence-corrected chi connectivity index (χ1v) is 8.08. The first-order chi connectivity index (χ1) is 9.86. The SMILES string of the molecule is CCCCCCCCn1c(CNC)cc2ccccc21. The van der Waals surface area contributed by atoms with Gasteiger partial charge in [0.2, 0.25) is 0 Å². The second kappa shape index (κ2) is 8.11. The molecular weight excluding hydrogens is 244 g/mol. The molecule has 2 nitrogen and oxygen atoms in total. The number of benzene rings is 1. The number of hydrogen-bond donors (Lipinski definition) is 1. The van der Waals surface area contributed by atoms with Crippen LogP contribution in [-0.4, -0.2) is 11.6 Å². The molecule has 0 aliphatic carbocycles. The maximum atomic E-state index is 3.28. The van der Waals surface area contributed by atoms with Crippen LogP contribution in [0.4, 0.5) is 0 Å². The van der Waals surface area contributed by atoms with E-state index in [-0.39, 0.29) is 0 Å². The van der Waals surface area contributed by atoms with E-state index in [1.807, 2.05) is 7.05 Å². The van der Waals surface area contributed by atoms with Crippen molar-refractivity contribution in [3.05, 3.63) is 36.0 Å². The molecule has 0 saturated heterocycles. The molecule has 0 spiro atoms. The van der Waals surface area contributed by atoms with Crippen LogP contribution in [0.2, 0.25) is 0 Å².